The summed E-state index contributed by atoms with van der Waals surface area (Å²) in [6.07, 6.45) is 3.51. The molecule has 6 heteroatoms. The van der Waals surface area contributed by atoms with Crippen molar-refractivity contribution in [2.75, 3.05) is 26.8 Å². The Labute approximate surface area is 101 Å². The quantitative estimate of drug-likeness (QED) is 0.615. The fourth-order valence-corrected chi connectivity index (χ4v) is 1.43. The zero-order valence-corrected chi connectivity index (χ0v) is 10.4. The number of nitrogens with one attached hydrogen (secondary N) is 2. The van der Waals surface area contributed by atoms with Crippen LogP contribution in [0.4, 0.5) is 0 Å². The number of nitrogens with zero attached hydrogens (tertiary/aromatic N) is 2. The minimum Gasteiger partial charge on any atom is -0.383 e. The van der Waals surface area contributed by atoms with E-state index in [9.17, 15) is 4.79 Å². The number of likely N-dealkylation sites (N-methyl/N-ethyl adjacent to an activating group) is 1. The van der Waals surface area contributed by atoms with Crippen LogP contribution < -0.4 is 10.6 Å². The molecule has 1 amide bonds. The first-order valence-corrected chi connectivity index (χ1v) is 5.74. The number of hydrogen-bond donors (Lipinski definition) is 2. The number of methoxy groups -OCH3 is 1. The van der Waals surface area contributed by atoms with Crippen molar-refractivity contribution >= 4 is 5.91 Å². The van der Waals surface area contributed by atoms with Crippen molar-refractivity contribution in [3.63, 3.8) is 0 Å². The van der Waals surface area contributed by atoms with Gasteiger partial charge in [0.1, 0.15) is 12.4 Å². The summed E-state index contributed by atoms with van der Waals surface area (Å²) in [6.45, 7) is 4.93. The molecule has 0 atom stereocenters. The monoisotopic (exact) mass is 240 g/mol. The largest absolute Gasteiger partial charge is 0.383 e. The maximum atomic E-state index is 11.4. The van der Waals surface area contributed by atoms with Gasteiger partial charge in [0.05, 0.1) is 13.2 Å². The van der Waals surface area contributed by atoms with Crippen LogP contribution in [-0.4, -0.2) is 42.3 Å². The fraction of sp³-hybridized carbons (Fsp3) is 0.636. The van der Waals surface area contributed by atoms with Gasteiger partial charge in [0, 0.05) is 32.6 Å². The molecule has 1 aromatic rings. The van der Waals surface area contributed by atoms with E-state index < -0.39 is 0 Å². The Morgan fingerprint density at radius 1 is 1.59 bits per heavy atom. The second kappa shape index (κ2) is 7.81. The van der Waals surface area contributed by atoms with Gasteiger partial charge in [-0.1, -0.05) is 0 Å². The molecule has 0 saturated heterocycles. The van der Waals surface area contributed by atoms with E-state index in [4.69, 9.17) is 4.74 Å². The molecule has 0 unspecified atom stereocenters. The highest BCUT2D eigenvalue weighted by Gasteiger charge is 2.06. The predicted octanol–water partition coefficient (Wildman–Crippen LogP) is -0.245. The molecule has 6 nitrogen and oxygen atoms in total. The van der Waals surface area contributed by atoms with Crippen LogP contribution in [0.15, 0.2) is 12.4 Å². The number of rotatable bonds is 8. The Kier molecular flexibility index (Phi) is 6.27. The summed E-state index contributed by atoms with van der Waals surface area (Å²) < 4.78 is 6.77. The van der Waals surface area contributed by atoms with Crippen LogP contribution in [0.3, 0.4) is 0 Å². The number of carbonyl (C=O) groups excluding carboxylic acids is 1. The average Bonchev–Trinajstić information content (AvgIpc) is 2.72. The van der Waals surface area contributed by atoms with Crippen molar-refractivity contribution in [1.29, 1.82) is 0 Å². The number of hydrogen-bond acceptors (Lipinski definition) is 4. The Bertz CT molecular complexity index is 338. The third-order valence-corrected chi connectivity index (χ3v) is 2.26. The number of amides is 1. The van der Waals surface area contributed by atoms with Gasteiger partial charge < -0.3 is 19.9 Å². The summed E-state index contributed by atoms with van der Waals surface area (Å²) in [5.41, 5.74) is 0. The molecule has 1 rings (SSSR count). The van der Waals surface area contributed by atoms with Crippen LogP contribution in [0.5, 0.6) is 0 Å². The van der Waals surface area contributed by atoms with Crippen molar-refractivity contribution in [1.82, 2.24) is 20.2 Å². The highest BCUT2D eigenvalue weighted by atomic mass is 16.5. The number of ether oxygens (including phenoxy) is 1. The van der Waals surface area contributed by atoms with E-state index in [0.29, 0.717) is 26.2 Å². The third-order valence-electron chi connectivity index (χ3n) is 2.26. The molecule has 0 aliphatic heterocycles. The van der Waals surface area contributed by atoms with Gasteiger partial charge in [-0.3, -0.25) is 4.79 Å². The smallest absolute Gasteiger partial charge is 0.239 e. The molecule has 0 fully saturated rings. The van der Waals surface area contributed by atoms with E-state index >= 15 is 0 Å². The van der Waals surface area contributed by atoms with Crippen LogP contribution in [-0.2, 0) is 22.6 Å². The SMILES string of the molecule is CCNC(=O)Cn1ccnc1CNCCOC. The van der Waals surface area contributed by atoms with Crippen LogP contribution in [0.2, 0.25) is 0 Å². The zero-order valence-electron chi connectivity index (χ0n) is 10.4. The summed E-state index contributed by atoms with van der Waals surface area (Å²) in [4.78, 5) is 15.6. The lowest BCUT2D eigenvalue weighted by atomic mass is 10.5. The van der Waals surface area contributed by atoms with Gasteiger partial charge in [-0.15, -0.1) is 0 Å². The Balaban J connectivity index is 2.39. The molecule has 0 aliphatic rings. The number of aromatic nitrogens is 2. The average molecular weight is 240 g/mol. The van der Waals surface area contributed by atoms with Gasteiger partial charge in [0.2, 0.25) is 5.91 Å². The van der Waals surface area contributed by atoms with E-state index in [0.717, 1.165) is 12.4 Å². The summed E-state index contributed by atoms with van der Waals surface area (Å²) in [5, 5.41) is 5.95. The van der Waals surface area contributed by atoms with Crippen LogP contribution >= 0.6 is 0 Å². The Hall–Kier alpha value is -1.40. The Morgan fingerprint density at radius 3 is 3.12 bits per heavy atom. The minimum atomic E-state index is 0.00337. The van der Waals surface area contributed by atoms with Crippen molar-refractivity contribution in [2.24, 2.45) is 0 Å². The molecule has 17 heavy (non-hydrogen) atoms. The molecule has 0 aliphatic carbocycles. The van der Waals surface area contributed by atoms with Gasteiger partial charge in [-0.2, -0.15) is 0 Å². The minimum absolute atomic E-state index is 0.00337. The summed E-state index contributed by atoms with van der Waals surface area (Å²) >= 11 is 0. The zero-order chi connectivity index (χ0) is 12.5. The van der Waals surface area contributed by atoms with Gasteiger partial charge in [0.25, 0.3) is 0 Å². The van der Waals surface area contributed by atoms with Crippen molar-refractivity contribution in [2.45, 2.75) is 20.0 Å². The molecule has 0 saturated carbocycles. The number of imidazole rings is 1. The first-order chi connectivity index (χ1) is 8.27. The van der Waals surface area contributed by atoms with E-state index in [2.05, 4.69) is 15.6 Å². The molecule has 0 aromatic carbocycles. The molecule has 2 N–H and O–H groups in total. The standard InChI is InChI=1S/C11H20N4O2/c1-3-13-11(16)9-15-6-4-14-10(15)8-12-5-7-17-2/h4,6,12H,3,5,7-9H2,1-2H3,(H,13,16). The highest BCUT2D eigenvalue weighted by Crippen LogP contribution is 1.97. The lowest BCUT2D eigenvalue weighted by molar-refractivity contribution is -0.121. The lowest BCUT2D eigenvalue weighted by Gasteiger charge is -2.08. The summed E-state index contributed by atoms with van der Waals surface area (Å²) in [6, 6.07) is 0. The second-order valence-corrected chi connectivity index (χ2v) is 3.59. The summed E-state index contributed by atoms with van der Waals surface area (Å²) in [5.74, 6) is 0.857. The van der Waals surface area contributed by atoms with E-state index in [1.54, 1.807) is 13.3 Å². The molecular weight excluding hydrogens is 220 g/mol. The maximum Gasteiger partial charge on any atom is 0.239 e. The van der Waals surface area contributed by atoms with Gasteiger partial charge in [-0.25, -0.2) is 4.98 Å². The van der Waals surface area contributed by atoms with Crippen LogP contribution in [0.1, 0.15) is 12.7 Å². The topological polar surface area (TPSA) is 68.2 Å². The normalized spacial score (nSPS) is 10.5. The fourth-order valence-electron chi connectivity index (χ4n) is 1.43. The lowest BCUT2D eigenvalue weighted by Crippen LogP contribution is -2.28. The molecule has 1 heterocycles. The van der Waals surface area contributed by atoms with Gasteiger partial charge in [0.15, 0.2) is 0 Å². The van der Waals surface area contributed by atoms with E-state index in [1.165, 1.54) is 0 Å². The summed E-state index contributed by atoms with van der Waals surface area (Å²) in [7, 11) is 1.66. The van der Waals surface area contributed by atoms with Crippen molar-refractivity contribution in [3.05, 3.63) is 18.2 Å². The van der Waals surface area contributed by atoms with Gasteiger partial charge >= 0.3 is 0 Å². The van der Waals surface area contributed by atoms with E-state index in [1.807, 2.05) is 17.7 Å². The molecule has 0 spiro atoms. The molecular formula is C11H20N4O2. The highest BCUT2D eigenvalue weighted by molar-refractivity contribution is 5.75. The van der Waals surface area contributed by atoms with Crippen molar-refractivity contribution in [3.8, 4) is 0 Å². The molecule has 1 aromatic heterocycles. The maximum absolute atomic E-state index is 11.4. The molecule has 0 radical (unpaired) electrons. The van der Waals surface area contributed by atoms with Crippen LogP contribution in [0.25, 0.3) is 0 Å². The first kappa shape index (κ1) is 13.7. The Morgan fingerprint density at radius 2 is 2.41 bits per heavy atom. The van der Waals surface area contributed by atoms with Crippen molar-refractivity contribution < 1.29 is 9.53 Å². The van der Waals surface area contributed by atoms with Gasteiger partial charge in [-0.05, 0) is 6.92 Å². The third kappa shape index (κ3) is 4.97. The molecule has 96 valence electrons. The molecule has 0 bridgehead atoms. The first-order valence-electron chi connectivity index (χ1n) is 5.74. The predicted molar refractivity (Wildman–Crippen MR) is 64.5 cm³/mol. The van der Waals surface area contributed by atoms with Crippen LogP contribution in [0, 0.1) is 0 Å². The number of carbonyl (C=O) groups is 1. The second-order valence-electron chi connectivity index (χ2n) is 3.59. The van der Waals surface area contributed by atoms with E-state index in [-0.39, 0.29) is 5.91 Å².